The Morgan fingerprint density at radius 2 is 1.79 bits per heavy atom. The predicted octanol–water partition coefficient (Wildman–Crippen LogP) is 0.888. The van der Waals surface area contributed by atoms with Crippen molar-refractivity contribution in [1.82, 2.24) is 10.2 Å². The zero-order valence-electron chi connectivity index (χ0n) is 11.0. The van der Waals surface area contributed by atoms with Crippen LogP contribution in [0.5, 0.6) is 0 Å². The molecular formula is C12H20N2O5. The van der Waals surface area contributed by atoms with E-state index in [0.717, 1.165) is 32.1 Å². The van der Waals surface area contributed by atoms with Gasteiger partial charge in [0, 0.05) is 13.1 Å². The van der Waals surface area contributed by atoms with Crippen molar-refractivity contribution < 1.29 is 24.6 Å². The van der Waals surface area contributed by atoms with Crippen LogP contribution in [0.4, 0.5) is 4.79 Å². The fourth-order valence-corrected chi connectivity index (χ4v) is 2.26. The van der Waals surface area contributed by atoms with Crippen LogP contribution in [0.1, 0.15) is 38.5 Å². The second-order valence-corrected chi connectivity index (χ2v) is 4.84. The maximum Gasteiger partial charge on any atom is 0.326 e. The number of carboxylic acid groups (broad SMARTS) is 2. The van der Waals surface area contributed by atoms with Crippen molar-refractivity contribution in [2.75, 3.05) is 7.05 Å². The first-order valence-corrected chi connectivity index (χ1v) is 6.39. The summed E-state index contributed by atoms with van der Waals surface area (Å²) in [5.41, 5.74) is 0. The molecule has 0 heterocycles. The third-order valence-electron chi connectivity index (χ3n) is 3.42. The zero-order chi connectivity index (χ0) is 14.4. The van der Waals surface area contributed by atoms with Crippen molar-refractivity contribution >= 4 is 18.0 Å². The van der Waals surface area contributed by atoms with Gasteiger partial charge in [0.1, 0.15) is 6.04 Å². The molecule has 2 amide bonds. The molecule has 0 aliphatic heterocycles. The molecule has 0 radical (unpaired) electrons. The Morgan fingerprint density at radius 3 is 2.26 bits per heavy atom. The molecule has 0 aromatic carbocycles. The lowest BCUT2D eigenvalue weighted by Crippen LogP contribution is -2.50. The summed E-state index contributed by atoms with van der Waals surface area (Å²) in [5, 5.41) is 19.7. The summed E-state index contributed by atoms with van der Waals surface area (Å²) in [4.78, 5) is 34.8. The molecule has 1 saturated carbocycles. The van der Waals surface area contributed by atoms with Gasteiger partial charge < -0.3 is 20.4 Å². The van der Waals surface area contributed by atoms with Gasteiger partial charge >= 0.3 is 18.0 Å². The van der Waals surface area contributed by atoms with E-state index in [1.165, 1.54) is 4.90 Å². The molecule has 0 spiro atoms. The molecule has 1 atom stereocenters. The van der Waals surface area contributed by atoms with Gasteiger partial charge in [-0.1, -0.05) is 19.3 Å². The molecule has 1 aliphatic carbocycles. The van der Waals surface area contributed by atoms with Crippen LogP contribution in [0.2, 0.25) is 0 Å². The third-order valence-corrected chi connectivity index (χ3v) is 3.42. The van der Waals surface area contributed by atoms with Gasteiger partial charge in [0.2, 0.25) is 0 Å². The SMILES string of the molecule is CN(C(=O)N[C@H](CC(=O)O)C(=O)O)C1CCCCC1. The highest BCUT2D eigenvalue weighted by atomic mass is 16.4. The first-order valence-electron chi connectivity index (χ1n) is 6.39. The molecular weight excluding hydrogens is 252 g/mol. The van der Waals surface area contributed by atoms with Crippen molar-refractivity contribution in [3.63, 3.8) is 0 Å². The smallest absolute Gasteiger partial charge is 0.326 e. The van der Waals surface area contributed by atoms with Gasteiger partial charge in [-0.25, -0.2) is 9.59 Å². The van der Waals surface area contributed by atoms with Gasteiger partial charge in [-0.2, -0.15) is 0 Å². The standard InChI is InChI=1S/C12H20N2O5/c1-14(8-5-3-2-4-6-8)12(19)13-9(11(17)18)7-10(15)16/h8-9H,2-7H2,1H3,(H,13,19)(H,15,16)(H,17,18)/t9-/m1/s1. The minimum atomic E-state index is -1.39. The minimum Gasteiger partial charge on any atom is -0.481 e. The molecule has 0 aromatic heterocycles. The van der Waals surface area contributed by atoms with Crippen molar-refractivity contribution in [2.24, 2.45) is 0 Å². The molecule has 7 heteroatoms. The van der Waals surface area contributed by atoms with Gasteiger partial charge in [0.25, 0.3) is 0 Å². The van der Waals surface area contributed by atoms with Crippen LogP contribution in [0.25, 0.3) is 0 Å². The molecule has 1 fully saturated rings. The zero-order valence-corrected chi connectivity index (χ0v) is 11.0. The van der Waals surface area contributed by atoms with Gasteiger partial charge in [-0.3, -0.25) is 4.79 Å². The number of urea groups is 1. The predicted molar refractivity (Wildman–Crippen MR) is 66.8 cm³/mol. The van der Waals surface area contributed by atoms with Crippen LogP contribution in [0.15, 0.2) is 0 Å². The van der Waals surface area contributed by atoms with Crippen LogP contribution in [0.3, 0.4) is 0 Å². The second-order valence-electron chi connectivity index (χ2n) is 4.84. The summed E-state index contributed by atoms with van der Waals surface area (Å²) in [7, 11) is 1.62. The molecule has 0 saturated heterocycles. The van der Waals surface area contributed by atoms with Crippen molar-refractivity contribution in [1.29, 1.82) is 0 Å². The molecule has 0 unspecified atom stereocenters. The Bertz CT molecular complexity index is 352. The number of carbonyl (C=O) groups is 3. The topological polar surface area (TPSA) is 107 Å². The Labute approximate surface area is 111 Å². The third kappa shape index (κ3) is 4.76. The number of amides is 2. The molecule has 19 heavy (non-hydrogen) atoms. The molecule has 0 aromatic rings. The highest BCUT2D eigenvalue weighted by molar-refractivity contribution is 5.86. The van der Waals surface area contributed by atoms with E-state index in [0.29, 0.717) is 0 Å². The van der Waals surface area contributed by atoms with E-state index in [2.05, 4.69) is 5.32 Å². The van der Waals surface area contributed by atoms with E-state index in [1.807, 2.05) is 0 Å². The van der Waals surface area contributed by atoms with Crippen molar-refractivity contribution in [2.45, 2.75) is 50.6 Å². The van der Waals surface area contributed by atoms with Gasteiger partial charge in [-0.15, -0.1) is 0 Å². The van der Waals surface area contributed by atoms with Gasteiger partial charge in [0.05, 0.1) is 6.42 Å². The highest BCUT2D eigenvalue weighted by Crippen LogP contribution is 2.21. The maximum atomic E-state index is 11.9. The quantitative estimate of drug-likeness (QED) is 0.689. The van der Waals surface area contributed by atoms with Crippen LogP contribution in [0, 0.1) is 0 Å². The number of nitrogens with one attached hydrogen (secondary N) is 1. The summed E-state index contributed by atoms with van der Waals surface area (Å²) < 4.78 is 0. The lowest BCUT2D eigenvalue weighted by molar-refractivity contribution is -0.145. The molecule has 1 rings (SSSR count). The van der Waals surface area contributed by atoms with E-state index in [4.69, 9.17) is 10.2 Å². The highest BCUT2D eigenvalue weighted by Gasteiger charge is 2.27. The molecule has 108 valence electrons. The Hall–Kier alpha value is -1.79. The molecule has 0 bridgehead atoms. The average Bonchev–Trinajstić information content (AvgIpc) is 2.37. The minimum absolute atomic E-state index is 0.105. The number of carboxylic acids is 2. The molecule has 7 nitrogen and oxygen atoms in total. The normalized spacial score (nSPS) is 17.5. The van der Waals surface area contributed by atoms with Crippen LogP contribution < -0.4 is 5.32 Å². The van der Waals surface area contributed by atoms with Gasteiger partial charge in [-0.05, 0) is 12.8 Å². The largest absolute Gasteiger partial charge is 0.481 e. The number of nitrogens with zero attached hydrogens (tertiary/aromatic N) is 1. The van der Waals surface area contributed by atoms with E-state index < -0.39 is 30.4 Å². The second kappa shape index (κ2) is 6.96. The van der Waals surface area contributed by atoms with Gasteiger partial charge in [0.15, 0.2) is 0 Å². The first kappa shape index (κ1) is 15.3. The monoisotopic (exact) mass is 272 g/mol. The molecule has 3 N–H and O–H groups in total. The Morgan fingerprint density at radius 1 is 1.21 bits per heavy atom. The summed E-state index contributed by atoms with van der Waals surface area (Å²) in [5.74, 6) is -2.60. The maximum absolute atomic E-state index is 11.9. The summed E-state index contributed by atoms with van der Waals surface area (Å²) in [6.07, 6.45) is 4.45. The Kier molecular flexibility index (Phi) is 5.59. The summed E-state index contributed by atoms with van der Waals surface area (Å²) in [6.45, 7) is 0. The summed E-state index contributed by atoms with van der Waals surface area (Å²) in [6, 6.07) is -1.82. The number of rotatable bonds is 5. The van der Waals surface area contributed by atoms with Crippen LogP contribution in [-0.2, 0) is 9.59 Å². The Balaban J connectivity index is 2.55. The van der Waals surface area contributed by atoms with Crippen molar-refractivity contribution in [3.05, 3.63) is 0 Å². The van der Waals surface area contributed by atoms with E-state index in [9.17, 15) is 14.4 Å². The number of hydrogen-bond acceptors (Lipinski definition) is 3. The van der Waals surface area contributed by atoms with Crippen LogP contribution in [-0.4, -0.2) is 52.2 Å². The number of carbonyl (C=O) groups excluding carboxylic acids is 1. The molecule has 1 aliphatic rings. The van der Waals surface area contributed by atoms with Crippen LogP contribution >= 0.6 is 0 Å². The summed E-state index contributed by atoms with van der Waals surface area (Å²) >= 11 is 0. The lowest BCUT2D eigenvalue weighted by atomic mass is 9.95. The fourth-order valence-electron chi connectivity index (χ4n) is 2.26. The average molecular weight is 272 g/mol. The number of aliphatic carboxylic acids is 2. The van der Waals surface area contributed by atoms with E-state index in [1.54, 1.807) is 7.05 Å². The van der Waals surface area contributed by atoms with E-state index in [-0.39, 0.29) is 6.04 Å². The van der Waals surface area contributed by atoms with E-state index >= 15 is 0 Å². The number of hydrogen-bond donors (Lipinski definition) is 3. The van der Waals surface area contributed by atoms with Crippen molar-refractivity contribution in [3.8, 4) is 0 Å². The fraction of sp³-hybridized carbons (Fsp3) is 0.750. The first-order chi connectivity index (χ1) is 8.91. The lowest BCUT2D eigenvalue weighted by Gasteiger charge is -2.31.